The van der Waals surface area contributed by atoms with Crippen LogP contribution >= 0.6 is 0 Å². The molecule has 1 aromatic carbocycles. The maximum absolute atomic E-state index is 5.50. The number of rotatable bonds is 4. The molecule has 0 fully saturated rings. The van der Waals surface area contributed by atoms with E-state index in [4.69, 9.17) is 5.73 Å². The predicted octanol–water partition coefficient (Wildman–Crippen LogP) is 1.57. The number of hydrogen-bond acceptors (Lipinski definition) is 3. The summed E-state index contributed by atoms with van der Waals surface area (Å²) < 4.78 is 0. The Balaban J connectivity index is 2.12. The third-order valence-corrected chi connectivity index (χ3v) is 2.37. The van der Waals surface area contributed by atoms with Crippen LogP contribution < -0.4 is 5.73 Å². The van der Waals surface area contributed by atoms with Gasteiger partial charge in [-0.05, 0) is 18.2 Å². The molecule has 82 valence electrons. The van der Waals surface area contributed by atoms with Crippen LogP contribution in [-0.2, 0) is 12.8 Å². The van der Waals surface area contributed by atoms with Gasteiger partial charge in [-0.15, -0.1) is 0 Å². The Morgan fingerprint density at radius 3 is 2.62 bits per heavy atom. The van der Waals surface area contributed by atoms with Gasteiger partial charge >= 0.3 is 0 Å². The summed E-state index contributed by atoms with van der Waals surface area (Å²) in [6.45, 7) is 0.627. The highest BCUT2D eigenvalue weighted by molar-refractivity contribution is 5.19. The lowest BCUT2D eigenvalue weighted by Crippen LogP contribution is -2.06. The maximum atomic E-state index is 5.50. The van der Waals surface area contributed by atoms with Crippen molar-refractivity contribution in [3.63, 3.8) is 0 Å². The molecule has 3 heteroatoms. The van der Waals surface area contributed by atoms with Gasteiger partial charge in [0.2, 0.25) is 0 Å². The van der Waals surface area contributed by atoms with Gasteiger partial charge in [0.1, 0.15) is 5.82 Å². The highest BCUT2D eigenvalue weighted by atomic mass is 14.9. The van der Waals surface area contributed by atoms with E-state index in [1.54, 1.807) is 6.20 Å². The Bertz CT molecular complexity index is 440. The third kappa shape index (κ3) is 2.87. The van der Waals surface area contributed by atoms with Crippen molar-refractivity contribution in [2.75, 3.05) is 6.54 Å². The molecule has 0 aliphatic heterocycles. The summed E-state index contributed by atoms with van der Waals surface area (Å²) in [7, 11) is 0. The first-order valence-electron chi connectivity index (χ1n) is 5.43. The molecule has 2 aromatic rings. The Labute approximate surface area is 95.4 Å². The lowest BCUT2D eigenvalue weighted by atomic mass is 10.1. The third-order valence-electron chi connectivity index (χ3n) is 2.37. The summed E-state index contributed by atoms with van der Waals surface area (Å²) in [6.07, 6.45) is 3.39. The number of aromatic nitrogens is 2. The second kappa shape index (κ2) is 5.37. The van der Waals surface area contributed by atoms with Crippen molar-refractivity contribution >= 4 is 0 Å². The molecule has 0 unspecified atom stereocenters. The average molecular weight is 213 g/mol. The van der Waals surface area contributed by atoms with Crippen LogP contribution in [0.1, 0.15) is 17.1 Å². The zero-order valence-corrected chi connectivity index (χ0v) is 9.13. The predicted molar refractivity (Wildman–Crippen MR) is 64.0 cm³/mol. The van der Waals surface area contributed by atoms with Crippen LogP contribution in [0.25, 0.3) is 0 Å². The van der Waals surface area contributed by atoms with E-state index >= 15 is 0 Å². The molecule has 0 aliphatic carbocycles. The Morgan fingerprint density at radius 2 is 1.88 bits per heavy atom. The highest BCUT2D eigenvalue weighted by Gasteiger charge is 2.00. The van der Waals surface area contributed by atoms with Crippen LogP contribution in [-0.4, -0.2) is 16.5 Å². The van der Waals surface area contributed by atoms with Crippen LogP contribution in [0.3, 0.4) is 0 Å². The average Bonchev–Trinajstić information content (AvgIpc) is 2.31. The standard InChI is InChI=1S/C13H15N3/c14-8-6-12-7-9-15-13(16-12)10-11-4-2-1-3-5-11/h1-5,7,9H,6,8,10,14H2. The van der Waals surface area contributed by atoms with Crippen LogP contribution in [0, 0.1) is 0 Å². The van der Waals surface area contributed by atoms with Crippen LogP contribution in [0.5, 0.6) is 0 Å². The fourth-order valence-electron chi connectivity index (χ4n) is 1.59. The SMILES string of the molecule is NCCc1ccnc(Cc2ccccc2)n1. The van der Waals surface area contributed by atoms with Crippen molar-refractivity contribution in [1.82, 2.24) is 9.97 Å². The van der Waals surface area contributed by atoms with Crippen molar-refractivity contribution in [2.45, 2.75) is 12.8 Å². The van der Waals surface area contributed by atoms with Crippen molar-refractivity contribution in [1.29, 1.82) is 0 Å². The molecular weight excluding hydrogens is 198 g/mol. The van der Waals surface area contributed by atoms with Gasteiger partial charge in [0.15, 0.2) is 0 Å². The lowest BCUT2D eigenvalue weighted by Gasteiger charge is -2.02. The second-order valence-electron chi connectivity index (χ2n) is 3.67. The molecular formula is C13H15N3. The Morgan fingerprint density at radius 1 is 1.06 bits per heavy atom. The van der Waals surface area contributed by atoms with E-state index in [1.807, 2.05) is 24.3 Å². The van der Waals surface area contributed by atoms with Gasteiger partial charge in [0, 0.05) is 24.7 Å². The zero-order valence-electron chi connectivity index (χ0n) is 9.13. The molecule has 0 aliphatic rings. The molecule has 3 nitrogen and oxygen atoms in total. The van der Waals surface area contributed by atoms with E-state index in [-0.39, 0.29) is 0 Å². The van der Waals surface area contributed by atoms with E-state index in [1.165, 1.54) is 5.56 Å². The summed E-state index contributed by atoms with van der Waals surface area (Å²) in [5.41, 5.74) is 7.75. The first kappa shape index (κ1) is 10.8. The molecule has 0 spiro atoms. The molecule has 0 saturated carbocycles. The van der Waals surface area contributed by atoms with Crippen LogP contribution in [0.2, 0.25) is 0 Å². The molecule has 0 radical (unpaired) electrons. The summed E-state index contributed by atoms with van der Waals surface area (Å²) >= 11 is 0. The smallest absolute Gasteiger partial charge is 0.132 e. The van der Waals surface area contributed by atoms with E-state index in [0.717, 1.165) is 24.4 Å². The van der Waals surface area contributed by atoms with Crippen molar-refractivity contribution in [3.8, 4) is 0 Å². The first-order chi connectivity index (χ1) is 7.88. The fraction of sp³-hybridized carbons (Fsp3) is 0.231. The second-order valence-corrected chi connectivity index (χ2v) is 3.67. The number of nitrogens with zero attached hydrogens (tertiary/aromatic N) is 2. The van der Waals surface area contributed by atoms with Gasteiger partial charge in [-0.25, -0.2) is 9.97 Å². The monoisotopic (exact) mass is 213 g/mol. The zero-order chi connectivity index (χ0) is 11.2. The fourth-order valence-corrected chi connectivity index (χ4v) is 1.59. The minimum Gasteiger partial charge on any atom is -0.330 e. The van der Waals surface area contributed by atoms with Gasteiger partial charge in [-0.2, -0.15) is 0 Å². The quantitative estimate of drug-likeness (QED) is 0.838. The van der Waals surface area contributed by atoms with Gasteiger partial charge in [-0.3, -0.25) is 0 Å². The van der Waals surface area contributed by atoms with Crippen LogP contribution in [0.15, 0.2) is 42.6 Å². The topological polar surface area (TPSA) is 51.8 Å². The number of nitrogens with two attached hydrogens (primary N) is 1. The first-order valence-corrected chi connectivity index (χ1v) is 5.43. The van der Waals surface area contributed by atoms with E-state index in [2.05, 4.69) is 22.1 Å². The molecule has 0 bridgehead atoms. The molecule has 0 saturated heterocycles. The molecule has 0 atom stereocenters. The Hall–Kier alpha value is -1.74. The molecule has 1 aromatic heterocycles. The summed E-state index contributed by atoms with van der Waals surface area (Å²) in [5.74, 6) is 0.858. The maximum Gasteiger partial charge on any atom is 0.132 e. The van der Waals surface area contributed by atoms with Gasteiger partial charge in [0.05, 0.1) is 0 Å². The summed E-state index contributed by atoms with van der Waals surface area (Å²) in [4.78, 5) is 8.73. The van der Waals surface area contributed by atoms with Gasteiger partial charge in [-0.1, -0.05) is 30.3 Å². The number of hydrogen-bond donors (Lipinski definition) is 1. The van der Waals surface area contributed by atoms with Crippen molar-refractivity contribution in [3.05, 3.63) is 59.7 Å². The van der Waals surface area contributed by atoms with Crippen molar-refractivity contribution in [2.24, 2.45) is 5.73 Å². The van der Waals surface area contributed by atoms with E-state index < -0.39 is 0 Å². The summed E-state index contributed by atoms with van der Waals surface area (Å²) in [5, 5.41) is 0. The highest BCUT2D eigenvalue weighted by Crippen LogP contribution is 2.05. The lowest BCUT2D eigenvalue weighted by molar-refractivity contribution is 0.866. The largest absolute Gasteiger partial charge is 0.330 e. The van der Waals surface area contributed by atoms with Gasteiger partial charge < -0.3 is 5.73 Å². The number of benzene rings is 1. The van der Waals surface area contributed by atoms with E-state index in [0.29, 0.717) is 6.54 Å². The van der Waals surface area contributed by atoms with Gasteiger partial charge in [0.25, 0.3) is 0 Å². The molecule has 2 rings (SSSR count). The Kier molecular flexibility index (Phi) is 3.62. The summed E-state index contributed by atoms with van der Waals surface area (Å²) in [6, 6.07) is 12.1. The van der Waals surface area contributed by atoms with Crippen LogP contribution in [0.4, 0.5) is 0 Å². The molecule has 2 N–H and O–H groups in total. The minimum atomic E-state index is 0.627. The molecule has 0 amide bonds. The normalized spacial score (nSPS) is 10.3. The molecule has 1 heterocycles. The minimum absolute atomic E-state index is 0.627. The molecule has 16 heavy (non-hydrogen) atoms. The van der Waals surface area contributed by atoms with E-state index in [9.17, 15) is 0 Å². The van der Waals surface area contributed by atoms with Crippen molar-refractivity contribution < 1.29 is 0 Å².